The van der Waals surface area contributed by atoms with Crippen molar-refractivity contribution < 1.29 is 4.92 Å². The number of nitro benzene ring substituents is 1. The van der Waals surface area contributed by atoms with Crippen LogP contribution in [0.1, 0.15) is 25.0 Å². The van der Waals surface area contributed by atoms with Gasteiger partial charge in [-0.15, -0.1) is 6.58 Å². The molecule has 1 N–H and O–H groups in total. The average molecular weight is 285 g/mol. The van der Waals surface area contributed by atoms with Crippen molar-refractivity contribution >= 4 is 5.69 Å². The number of hydrogen-bond acceptors (Lipinski definition) is 4. The van der Waals surface area contributed by atoms with Crippen LogP contribution >= 0.6 is 0 Å². The molecule has 1 aromatic heterocycles. The van der Waals surface area contributed by atoms with E-state index in [1.54, 1.807) is 30.3 Å². The summed E-state index contributed by atoms with van der Waals surface area (Å²) in [6.07, 6.45) is 2.47. The van der Waals surface area contributed by atoms with Gasteiger partial charge in [0.15, 0.2) is 0 Å². The summed E-state index contributed by atoms with van der Waals surface area (Å²) in [7, 11) is 0. The maximum Gasteiger partial charge on any atom is 0.277 e. The van der Waals surface area contributed by atoms with Gasteiger partial charge < -0.3 is 0 Å². The molecule has 1 atom stereocenters. The summed E-state index contributed by atoms with van der Waals surface area (Å²) in [4.78, 5) is 22.6. The van der Waals surface area contributed by atoms with Crippen molar-refractivity contribution in [3.8, 4) is 11.1 Å². The number of rotatable bonds is 5. The van der Waals surface area contributed by atoms with Crippen LogP contribution in [0.2, 0.25) is 0 Å². The van der Waals surface area contributed by atoms with E-state index < -0.39 is 10.5 Å². The number of aromatic nitrogens is 2. The summed E-state index contributed by atoms with van der Waals surface area (Å²) in [5.41, 5.74) is 0.666. The van der Waals surface area contributed by atoms with Gasteiger partial charge in [0, 0.05) is 12.0 Å². The zero-order valence-electron chi connectivity index (χ0n) is 11.6. The van der Waals surface area contributed by atoms with Crippen molar-refractivity contribution in [3.63, 3.8) is 0 Å². The van der Waals surface area contributed by atoms with E-state index >= 15 is 0 Å². The number of hydrogen-bond donors (Lipinski definition) is 1. The molecule has 108 valence electrons. The largest absolute Gasteiger partial charge is 0.277 e. The third-order valence-corrected chi connectivity index (χ3v) is 3.24. The number of nitrogens with zero attached hydrogens (tertiary/aromatic N) is 2. The van der Waals surface area contributed by atoms with Crippen LogP contribution in [0.3, 0.4) is 0 Å². The highest BCUT2D eigenvalue weighted by Crippen LogP contribution is 2.28. The second-order valence-electron chi connectivity index (χ2n) is 4.74. The van der Waals surface area contributed by atoms with Crippen molar-refractivity contribution in [1.29, 1.82) is 0 Å². The third-order valence-electron chi connectivity index (χ3n) is 3.24. The van der Waals surface area contributed by atoms with E-state index in [1.807, 2.05) is 6.92 Å². The molecule has 1 aromatic carbocycles. The second-order valence-corrected chi connectivity index (χ2v) is 4.74. The Labute approximate surface area is 121 Å². The lowest BCUT2D eigenvalue weighted by molar-refractivity contribution is -0.384. The Balaban J connectivity index is 2.59. The number of nitro groups is 1. The summed E-state index contributed by atoms with van der Waals surface area (Å²) in [6.45, 7) is 5.62. The summed E-state index contributed by atoms with van der Waals surface area (Å²) in [6, 6.07) is 7.77. The standard InChI is InChI=1S/C15H15N3O3/c1-3-6-10(2)13-9-12(15(19)17-16-13)11-7-4-5-8-14(11)18(20)21/h3-5,7-10H,1,6H2,2H3,(H,17,19)/t10-/m0/s1. The minimum Gasteiger partial charge on any atom is -0.267 e. The van der Waals surface area contributed by atoms with Crippen LogP contribution < -0.4 is 5.56 Å². The molecule has 2 rings (SSSR count). The van der Waals surface area contributed by atoms with Gasteiger partial charge >= 0.3 is 0 Å². The van der Waals surface area contributed by atoms with E-state index in [0.29, 0.717) is 17.7 Å². The van der Waals surface area contributed by atoms with E-state index in [2.05, 4.69) is 16.8 Å². The highest BCUT2D eigenvalue weighted by molar-refractivity contribution is 5.72. The van der Waals surface area contributed by atoms with Crippen molar-refractivity contribution in [2.75, 3.05) is 0 Å². The Morgan fingerprint density at radius 1 is 1.43 bits per heavy atom. The second kappa shape index (κ2) is 6.13. The molecule has 6 nitrogen and oxygen atoms in total. The number of para-hydroxylation sites is 1. The smallest absolute Gasteiger partial charge is 0.267 e. The molecule has 0 spiro atoms. The van der Waals surface area contributed by atoms with Gasteiger partial charge in [0.25, 0.3) is 11.2 Å². The van der Waals surface area contributed by atoms with Crippen LogP contribution in [0.4, 0.5) is 5.69 Å². The molecule has 0 saturated heterocycles. The van der Waals surface area contributed by atoms with Crippen molar-refractivity contribution in [3.05, 3.63) is 69.1 Å². The summed E-state index contributed by atoms with van der Waals surface area (Å²) < 4.78 is 0. The van der Waals surface area contributed by atoms with E-state index in [0.717, 1.165) is 0 Å². The molecular weight excluding hydrogens is 270 g/mol. The maximum atomic E-state index is 12.0. The molecule has 0 amide bonds. The molecule has 0 radical (unpaired) electrons. The Kier molecular flexibility index (Phi) is 4.27. The zero-order chi connectivity index (χ0) is 15.4. The van der Waals surface area contributed by atoms with E-state index in [1.165, 1.54) is 6.07 Å². The third kappa shape index (κ3) is 3.05. The molecule has 0 unspecified atom stereocenters. The fraction of sp³-hybridized carbons (Fsp3) is 0.200. The predicted molar refractivity (Wildman–Crippen MR) is 80.2 cm³/mol. The van der Waals surface area contributed by atoms with Gasteiger partial charge in [-0.2, -0.15) is 5.10 Å². The van der Waals surface area contributed by atoms with E-state index in [4.69, 9.17) is 0 Å². The Bertz CT molecular complexity index is 737. The number of nitrogens with one attached hydrogen (secondary N) is 1. The summed E-state index contributed by atoms with van der Waals surface area (Å²) in [5, 5.41) is 17.5. The van der Waals surface area contributed by atoms with Crippen LogP contribution in [0, 0.1) is 10.1 Å². The molecule has 0 aliphatic rings. The van der Waals surface area contributed by atoms with Crippen molar-refractivity contribution in [2.24, 2.45) is 0 Å². The minimum absolute atomic E-state index is 0.0702. The van der Waals surface area contributed by atoms with Gasteiger partial charge in [-0.25, -0.2) is 5.10 Å². The van der Waals surface area contributed by atoms with Gasteiger partial charge in [-0.1, -0.05) is 25.1 Å². The van der Waals surface area contributed by atoms with Crippen molar-refractivity contribution in [1.82, 2.24) is 10.2 Å². The van der Waals surface area contributed by atoms with Gasteiger partial charge in [0.1, 0.15) is 0 Å². The molecule has 0 fully saturated rings. The molecule has 6 heteroatoms. The fourth-order valence-electron chi connectivity index (χ4n) is 2.11. The first-order chi connectivity index (χ1) is 10.0. The zero-order valence-corrected chi connectivity index (χ0v) is 11.6. The molecule has 21 heavy (non-hydrogen) atoms. The van der Waals surface area contributed by atoms with Crippen LogP contribution in [0.25, 0.3) is 11.1 Å². The first-order valence-corrected chi connectivity index (χ1v) is 6.49. The van der Waals surface area contributed by atoms with Gasteiger partial charge in [0.2, 0.25) is 0 Å². The van der Waals surface area contributed by atoms with Crippen LogP contribution in [-0.2, 0) is 0 Å². The Morgan fingerprint density at radius 3 is 2.81 bits per heavy atom. The lowest BCUT2D eigenvalue weighted by Crippen LogP contribution is -2.14. The quantitative estimate of drug-likeness (QED) is 0.519. The number of aromatic amines is 1. The predicted octanol–water partition coefficient (Wildman–Crippen LogP) is 3.02. The van der Waals surface area contributed by atoms with Crippen molar-refractivity contribution in [2.45, 2.75) is 19.3 Å². The summed E-state index contributed by atoms with van der Waals surface area (Å²) in [5.74, 6) is 0.0702. The SMILES string of the molecule is C=CC[C@H](C)c1cc(-c2ccccc2[N+](=O)[O-])c(=O)[nH]n1. The molecule has 1 heterocycles. The van der Waals surface area contributed by atoms with Crippen LogP contribution in [0.5, 0.6) is 0 Å². The van der Waals surface area contributed by atoms with Crippen LogP contribution in [-0.4, -0.2) is 15.1 Å². The number of H-pyrrole nitrogens is 1. The Hall–Kier alpha value is -2.76. The Morgan fingerprint density at radius 2 is 2.14 bits per heavy atom. The number of benzene rings is 1. The lowest BCUT2D eigenvalue weighted by atomic mass is 9.99. The van der Waals surface area contributed by atoms with Crippen LogP contribution in [0.15, 0.2) is 47.8 Å². The average Bonchev–Trinajstić information content (AvgIpc) is 2.48. The number of allylic oxidation sites excluding steroid dienone is 1. The van der Waals surface area contributed by atoms with Gasteiger partial charge in [-0.05, 0) is 18.6 Å². The molecular formula is C15H15N3O3. The molecule has 2 aromatic rings. The topological polar surface area (TPSA) is 88.9 Å². The first kappa shape index (κ1) is 14.6. The molecule has 0 bridgehead atoms. The maximum absolute atomic E-state index is 12.0. The normalized spacial score (nSPS) is 11.9. The molecule has 0 aliphatic heterocycles. The highest BCUT2D eigenvalue weighted by atomic mass is 16.6. The minimum atomic E-state index is -0.498. The highest BCUT2D eigenvalue weighted by Gasteiger charge is 2.18. The first-order valence-electron chi connectivity index (χ1n) is 6.49. The lowest BCUT2D eigenvalue weighted by Gasteiger charge is -2.09. The fourth-order valence-corrected chi connectivity index (χ4v) is 2.11. The van der Waals surface area contributed by atoms with Gasteiger partial charge in [0.05, 0.1) is 21.7 Å². The molecule has 0 saturated carbocycles. The monoisotopic (exact) mass is 285 g/mol. The van der Waals surface area contributed by atoms with E-state index in [9.17, 15) is 14.9 Å². The summed E-state index contributed by atoms with van der Waals surface area (Å²) >= 11 is 0. The van der Waals surface area contributed by atoms with E-state index in [-0.39, 0.29) is 17.2 Å². The molecule has 0 aliphatic carbocycles. The van der Waals surface area contributed by atoms with Gasteiger partial charge in [-0.3, -0.25) is 14.9 Å².